The molecule has 3 fully saturated rings. The van der Waals surface area contributed by atoms with E-state index in [2.05, 4.69) is 153 Å². The number of amides is 1. The molecule has 3 aliphatic rings. The van der Waals surface area contributed by atoms with Crippen LogP contribution in [0.5, 0.6) is 0 Å². The number of ether oxygens (including phenoxy) is 6. The van der Waals surface area contributed by atoms with E-state index >= 15 is 0 Å². The molecule has 0 aromatic rings. The minimum atomic E-state index is -1.99. The Morgan fingerprint density at radius 2 is 0.609 bits per heavy atom. The van der Waals surface area contributed by atoms with Crippen molar-refractivity contribution >= 4 is 5.91 Å². The second-order valence-corrected chi connectivity index (χ2v) is 31.7. The molecule has 1 amide bonds. The standard InChI is InChI=1S/C96H163NO18/c1-3-5-7-9-11-13-15-17-19-21-23-25-27-29-31-33-35-36-37-38-39-40-41-42-44-46-48-50-52-54-56-58-60-62-64-66-68-70-72-74-84(102)97-79(80(101)73-71-69-67-65-63-61-59-57-55-53-51-49-47-45-43-34-32-30-28-26-24-22-20-18-16-14-12-10-8-6-4-2)78-110-94-90(108)87(105)92(82(76-99)112-94)115-96-91(109)88(106)93(83(77-100)113-96)114-95-89(107)86(104)85(103)81(75-98)111-95/h5,7,11,13,17,19,23,25,29,31,35-36,38-39,41-42,46,48,52,54,63,65,71,73,79-83,85-96,98-101,103-109H,3-4,6,8-10,12,14-16,18,20-22,24,26-28,30,32-34,37,40,43-45,47,49-51,53,55-62,64,66-70,72,74-78H2,1-2H3,(H,97,102)/b7-5-,13-11-,19-17-,25-23-,31-29-,36-35-,39-38-,42-41-,48-46-,54-52-,65-63+,73-71+. The van der Waals surface area contributed by atoms with Crippen molar-refractivity contribution in [3.8, 4) is 0 Å². The second-order valence-electron chi connectivity index (χ2n) is 31.7. The van der Waals surface area contributed by atoms with Gasteiger partial charge in [0, 0.05) is 6.42 Å². The van der Waals surface area contributed by atoms with Crippen LogP contribution in [0.25, 0.3) is 0 Å². The molecule has 0 bridgehead atoms. The third-order valence-corrected chi connectivity index (χ3v) is 21.6. The summed E-state index contributed by atoms with van der Waals surface area (Å²) in [5.74, 6) is -0.297. The van der Waals surface area contributed by atoms with Crippen molar-refractivity contribution in [1.82, 2.24) is 5.32 Å². The molecule has 0 saturated carbocycles. The molecular weight excluding hydrogens is 1460 g/mol. The maximum absolute atomic E-state index is 13.5. The SMILES string of the molecule is CC/C=C\C/C=C\C/C=C\C/C=C\C/C=C\C/C=C\C/C=C\C/C=C\C/C=C\C/C=C\CCCCCCCCCCC(=O)NC(COC1OC(CO)C(OC2OC(CO)C(OC3OC(CO)C(O)C(O)C3O)C(O)C2O)C(O)C1O)C(O)/C=C/CC/C=C/CCCCCCCCCCCCCCCCCCCCCCCCCCC. The number of hydrogen-bond donors (Lipinski definition) is 12. The molecule has 3 rings (SSSR count). The van der Waals surface area contributed by atoms with Crippen LogP contribution in [-0.4, -0.2) is 193 Å². The Labute approximate surface area is 695 Å². The average molecular weight is 1620 g/mol. The number of allylic oxidation sites excluding steroid dienone is 23. The quantitative estimate of drug-likeness (QED) is 0.0199. The van der Waals surface area contributed by atoms with E-state index in [9.17, 15) is 61.0 Å². The van der Waals surface area contributed by atoms with Gasteiger partial charge in [-0.05, 0) is 109 Å². The summed E-state index contributed by atoms with van der Waals surface area (Å²) >= 11 is 0. The first-order valence-corrected chi connectivity index (χ1v) is 45.6. The molecule has 0 spiro atoms. The number of carbonyl (C=O) groups is 1. The molecule has 0 aliphatic carbocycles. The van der Waals surface area contributed by atoms with Gasteiger partial charge < -0.3 is 89.9 Å². The molecule has 19 heteroatoms. The number of rotatable bonds is 72. The molecular formula is C96H163NO18. The van der Waals surface area contributed by atoms with Gasteiger partial charge in [0.1, 0.15) is 73.2 Å². The third kappa shape index (κ3) is 51.8. The van der Waals surface area contributed by atoms with Crippen LogP contribution in [0.4, 0.5) is 0 Å². The number of aliphatic hydroxyl groups is 11. The molecule has 19 nitrogen and oxygen atoms in total. The first-order chi connectivity index (χ1) is 56.3. The van der Waals surface area contributed by atoms with Crippen LogP contribution in [0.3, 0.4) is 0 Å². The molecule has 3 aliphatic heterocycles. The summed E-state index contributed by atoms with van der Waals surface area (Å²) < 4.78 is 34.5. The Kier molecular flexibility index (Phi) is 67.1. The highest BCUT2D eigenvalue weighted by atomic mass is 16.8. The van der Waals surface area contributed by atoms with Gasteiger partial charge in [0.15, 0.2) is 18.9 Å². The normalized spacial score (nSPS) is 25.3. The average Bonchev–Trinajstić information content (AvgIpc) is 0.779. The highest BCUT2D eigenvalue weighted by molar-refractivity contribution is 5.76. The van der Waals surface area contributed by atoms with E-state index in [4.69, 9.17) is 28.4 Å². The van der Waals surface area contributed by atoms with Crippen LogP contribution in [0.2, 0.25) is 0 Å². The van der Waals surface area contributed by atoms with Crippen molar-refractivity contribution in [3.63, 3.8) is 0 Å². The van der Waals surface area contributed by atoms with Gasteiger partial charge in [0.05, 0.1) is 38.6 Å². The van der Waals surface area contributed by atoms with Gasteiger partial charge in [0.2, 0.25) is 5.91 Å². The summed E-state index contributed by atoms with van der Waals surface area (Å²) in [4.78, 5) is 13.5. The molecule has 17 atom stereocenters. The maximum atomic E-state index is 13.5. The van der Waals surface area contributed by atoms with E-state index in [0.717, 1.165) is 128 Å². The van der Waals surface area contributed by atoms with Crippen LogP contribution in [0.15, 0.2) is 146 Å². The zero-order valence-corrected chi connectivity index (χ0v) is 71.2. The topological polar surface area (TPSA) is 307 Å². The lowest BCUT2D eigenvalue weighted by Crippen LogP contribution is -2.66. The Morgan fingerprint density at radius 1 is 0.322 bits per heavy atom. The molecule has 17 unspecified atom stereocenters. The number of nitrogens with one attached hydrogen (secondary N) is 1. The van der Waals surface area contributed by atoms with E-state index < -0.39 is 124 Å². The van der Waals surface area contributed by atoms with Crippen LogP contribution >= 0.6 is 0 Å². The number of aliphatic hydroxyl groups excluding tert-OH is 11. The molecule has 115 heavy (non-hydrogen) atoms. The lowest BCUT2D eigenvalue weighted by atomic mass is 9.96. The highest BCUT2D eigenvalue weighted by Crippen LogP contribution is 2.33. The second kappa shape index (κ2) is 73.6. The van der Waals surface area contributed by atoms with E-state index in [0.29, 0.717) is 12.8 Å². The molecule has 12 N–H and O–H groups in total. The van der Waals surface area contributed by atoms with Gasteiger partial charge in [-0.2, -0.15) is 0 Å². The molecule has 660 valence electrons. The fourth-order valence-electron chi connectivity index (χ4n) is 14.4. The number of hydrogen-bond acceptors (Lipinski definition) is 18. The summed E-state index contributed by atoms with van der Waals surface area (Å²) in [5, 5.41) is 121. The zero-order valence-electron chi connectivity index (χ0n) is 71.2. The van der Waals surface area contributed by atoms with E-state index in [1.807, 2.05) is 6.08 Å². The van der Waals surface area contributed by atoms with E-state index in [-0.39, 0.29) is 18.9 Å². The number of carbonyl (C=O) groups excluding carboxylic acids is 1. The molecule has 0 radical (unpaired) electrons. The molecule has 0 aromatic heterocycles. The van der Waals surface area contributed by atoms with Crippen molar-refractivity contribution in [1.29, 1.82) is 0 Å². The van der Waals surface area contributed by atoms with Gasteiger partial charge in [-0.25, -0.2) is 0 Å². The molecule has 0 aromatic carbocycles. The van der Waals surface area contributed by atoms with Crippen LogP contribution < -0.4 is 5.32 Å². The summed E-state index contributed by atoms with van der Waals surface area (Å²) in [7, 11) is 0. The largest absolute Gasteiger partial charge is 0.394 e. The van der Waals surface area contributed by atoms with Crippen LogP contribution in [0.1, 0.15) is 322 Å². The minimum absolute atomic E-state index is 0.217. The zero-order chi connectivity index (χ0) is 83.1. The number of unbranched alkanes of at least 4 members (excludes halogenated alkanes) is 34. The highest BCUT2D eigenvalue weighted by Gasteiger charge is 2.54. The Bertz CT molecular complexity index is 2650. The van der Waals surface area contributed by atoms with Gasteiger partial charge in [0.25, 0.3) is 0 Å². The van der Waals surface area contributed by atoms with Crippen molar-refractivity contribution in [2.45, 2.75) is 426 Å². The summed E-state index contributed by atoms with van der Waals surface area (Å²) in [6.45, 7) is 1.62. The van der Waals surface area contributed by atoms with Gasteiger partial charge in [-0.15, -0.1) is 0 Å². The van der Waals surface area contributed by atoms with Crippen LogP contribution in [-0.2, 0) is 33.2 Å². The first kappa shape index (κ1) is 105. The van der Waals surface area contributed by atoms with E-state index in [1.54, 1.807) is 6.08 Å². The first-order valence-electron chi connectivity index (χ1n) is 45.6. The summed E-state index contributed by atoms with van der Waals surface area (Å²) in [6, 6.07) is -1.01. The van der Waals surface area contributed by atoms with Crippen molar-refractivity contribution < 1.29 is 89.4 Å². The lowest BCUT2D eigenvalue weighted by molar-refractivity contribution is -0.379. The van der Waals surface area contributed by atoms with Crippen molar-refractivity contribution in [3.05, 3.63) is 146 Å². The van der Waals surface area contributed by atoms with Crippen molar-refractivity contribution in [2.75, 3.05) is 26.4 Å². The lowest BCUT2D eigenvalue weighted by Gasteiger charge is -2.48. The predicted molar refractivity (Wildman–Crippen MR) is 466 cm³/mol. The maximum Gasteiger partial charge on any atom is 0.220 e. The minimum Gasteiger partial charge on any atom is -0.394 e. The molecule has 3 heterocycles. The Hall–Kier alpha value is -4.33. The monoisotopic (exact) mass is 1620 g/mol. The van der Waals surface area contributed by atoms with Gasteiger partial charge in [-0.3, -0.25) is 4.79 Å². The third-order valence-electron chi connectivity index (χ3n) is 21.6. The fourth-order valence-corrected chi connectivity index (χ4v) is 14.4. The summed E-state index contributed by atoms with van der Waals surface area (Å²) in [6.07, 6.45) is 81.3. The smallest absolute Gasteiger partial charge is 0.220 e. The van der Waals surface area contributed by atoms with Crippen molar-refractivity contribution in [2.24, 2.45) is 0 Å². The Morgan fingerprint density at radius 3 is 0.974 bits per heavy atom. The van der Waals surface area contributed by atoms with Gasteiger partial charge >= 0.3 is 0 Å². The van der Waals surface area contributed by atoms with Gasteiger partial charge in [-0.1, -0.05) is 352 Å². The van der Waals surface area contributed by atoms with Crippen LogP contribution in [0, 0.1) is 0 Å². The summed E-state index contributed by atoms with van der Waals surface area (Å²) in [5.41, 5.74) is 0. The van der Waals surface area contributed by atoms with E-state index in [1.165, 1.54) is 161 Å². The Balaban J connectivity index is 1.35. The fraction of sp³-hybridized carbons (Fsp3) is 0.740. The predicted octanol–water partition coefficient (Wildman–Crippen LogP) is 17.7. The molecule has 3 saturated heterocycles.